The van der Waals surface area contributed by atoms with Gasteiger partial charge in [-0.2, -0.15) is 0 Å². The van der Waals surface area contributed by atoms with Gasteiger partial charge >= 0.3 is 0 Å². The van der Waals surface area contributed by atoms with Gasteiger partial charge < -0.3 is 19.7 Å². The van der Waals surface area contributed by atoms with Crippen LogP contribution in [-0.4, -0.2) is 41.4 Å². The van der Waals surface area contributed by atoms with Crippen LogP contribution < -0.4 is 0 Å². The lowest BCUT2D eigenvalue weighted by atomic mass is 9.42. The van der Waals surface area contributed by atoms with E-state index in [-0.39, 0.29) is 29.1 Å². The monoisotopic (exact) mass is 404 g/mol. The number of hydrogen-bond donors (Lipinski definition) is 2. The molecule has 3 unspecified atom stereocenters. The quantitative estimate of drug-likeness (QED) is 0.674. The van der Waals surface area contributed by atoms with E-state index in [1.165, 1.54) is 6.42 Å². The Balaban J connectivity index is 1.44. The molecule has 0 radical (unpaired) electrons. The van der Waals surface area contributed by atoms with Gasteiger partial charge in [-0.1, -0.05) is 26.0 Å². The van der Waals surface area contributed by atoms with Gasteiger partial charge in [-0.15, -0.1) is 0 Å². The van der Waals surface area contributed by atoms with Crippen LogP contribution in [0.25, 0.3) is 0 Å². The minimum absolute atomic E-state index is 0.00906. The van der Waals surface area contributed by atoms with Gasteiger partial charge in [0.2, 0.25) is 0 Å². The Labute approximate surface area is 176 Å². The molecule has 1 aliphatic heterocycles. The third kappa shape index (κ3) is 2.78. The molecule has 164 valence electrons. The highest BCUT2D eigenvalue weighted by molar-refractivity contribution is 5.19. The minimum Gasteiger partial charge on any atom is -0.393 e. The van der Waals surface area contributed by atoms with Crippen LogP contribution in [0.3, 0.4) is 0 Å². The van der Waals surface area contributed by atoms with E-state index < -0.39 is 5.60 Å². The van der Waals surface area contributed by atoms with Gasteiger partial charge in [-0.05, 0) is 87.4 Å². The van der Waals surface area contributed by atoms with Gasteiger partial charge in [0, 0.05) is 11.3 Å². The summed E-state index contributed by atoms with van der Waals surface area (Å²) < 4.78 is 11.7. The zero-order chi connectivity index (χ0) is 20.4. The van der Waals surface area contributed by atoms with E-state index in [0.29, 0.717) is 36.9 Å². The van der Waals surface area contributed by atoms with Crippen LogP contribution in [-0.2, 0) is 9.47 Å². The van der Waals surface area contributed by atoms with E-state index >= 15 is 0 Å². The molecule has 4 aliphatic carbocycles. The topological polar surface area (TPSA) is 58.9 Å². The summed E-state index contributed by atoms with van der Waals surface area (Å²) in [5.74, 6) is 2.06. The second kappa shape index (κ2) is 7.05. The van der Waals surface area contributed by atoms with Crippen molar-refractivity contribution in [2.45, 2.75) is 90.1 Å². The van der Waals surface area contributed by atoms with Crippen molar-refractivity contribution in [2.75, 3.05) is 13.2 Å². The lowest BCUT2D eigenvalue weighted by Gasteiger charge is -2.64. The number of hydrogen-bond acceptors (Lipinski definition) is 4. The van der Waals surface area contributed by atoms with Crippen molar-refractivity contribution < 1.29 is 19.7 Å². The largest absolute Gasteiger partial charge is 0.393 e. The molecular weight excluding hydrogens is 364 g/mol. The van der Waals surface area contributed by atoms with Gasteiger partial charge in [0.15, 0.2) is 6.29 Å². The van der Waals surface area contributed by atoms with Crippen LogP contribution in [0.4, 0.5) is 0 Å². The molecule has 0 aromatic carbocycles. The summed E-state index contributed by atoms with van der Waals surface area (Å²) >= 11 is 0. The predicted octanol–water partition coefficient (Wildman–Crippen LogP) is 4.30. The summed E-state index contributed by atoms with van der Waals surface area (Å²) in [6, 6.07) is 0. The Morgan fingerprint density at radius 1 is 0.966 bits per heavy atom. The Bertz CT molecular complexity index is 657. The number of aliphatic hydroxyl groups is 2. The SMILES string of the molecule is CC=C[C@H]1CC[C@@]2(O)[C@@H]3CCC4CC(O)C(C5OCCO5)C[C@]4(C)[C@H]3CC[C@]12C. The normalized spacial score (nSPS) is 55.6. The van der Waals surface area contributed by atoms with Crippen molar-refractivity contribution in [2.24, 2.45) is 40.4 Å². The number of fused-ring (bicyclic) bond motifs is 5. The second-order valence-corrected chi connectivity index (χ2v) is 11.3. The van der Waals surface area contributed by atoms with Crippen LogP contribution in [0.15, 0.2) is 12.2 Å². The van der Waals surface area contributed by atoms with E-state index in [4.69, 9.17) is 9.47 Å². The molecule has 5 fully saturated rings. The zero-order valence-electron chi connectivity index (χ0n) is 18.5. The third-order valence-corrected chi connectivity index (χ3v) is 10.4. The first-order chi connectivity index (χ1) is 13.8. The minimum atomic E-state index is -0.542. The Hall–Kier alpha value is -0.420. The summed E-state index contributed by atoms with van der Waals surface area (Å²) in [5, 5.41) is 23.1. The molecule has 0 aromatic heterocycles. The first-order valence-corrected chi connectivity index (χ1v) is 12.1. The lowest BCUT2D eigenvalue weighted by Crippen LogP contribution is -2.63. The van der Waals surface area contributed by atoms with Crippen molar-refractivity contribution in [3.8, 4) is 0 Å². The molecule has 4 saturated carbocycles. The maximum Gasteiger partial charge on any atom is 0.163 e. The molecule has 5 aliphatic rings. The van der Waals surface area contributed by atoms with Crippen LogP contribution >= 0.6 is 0 Å². The summed E-state index contributed by atoms with van der Waals surface area (Å²) in [4.78, 5) is 0. The summed E-state index contributed by atoms with van der Waals surface area (Å²) in [5.41, 5.74) is -0.368. The number of allylic oxidation sites excluding steroid dienone is 2. The molecule has 4 nitrogen and oxygen atoms in total. The van der Waals surface area contributed by atoms with Crippen molar-refractivity contribution in [1.29, 1.82) is 0 Å². The van der Waals surface area contributed by atoms with Crippen LogP contribution in [0.2, 0.25) is 0 Å². The molecule has 0 spiro atoms. The van der Waals surface area contributed by atoms with Crippen molar-refractivity contribution in [3.05, 3.63) is 12.2 Å². The van der Waals surface area contributed by atoms with Crippen molar-refractivity contribution >= 4 is 0 Å². The fourth-order valence-electron chi connectivity index (χ4n) is 8.80. The first kappa shape index (κ1) is 20.5. The standard InChI is InChI=1S/C25H40O4/c1-4-5-16-8-11-25(27)20-7-6-17-14-21(26)18(22-28-12-13-29-22)15-23(17,2)19(20)9-10-24(16,25)3/h4-5,16-22,26-27H,6-15H2,1-3H3/t16-,17?,18?,19-,20+,21?,23-,24+,25+/m0/s1. The highest BCUT2D eigenvalue weighted by Gasteiger charge is 2.67. The van der Waals surface area contributed by atoms with E-state index in [1.54, 1.807) is 0 Å². The third-order valence-electron chi connectivity index (χ3n) is 10.4. The van der Waals surface area contributed by atoms with Crippen LogP contribution in [0.1, 0.15) is 72.1 Å². The first-order valence-electron chi connectivity index (χ1n) is 12.1. The number of rotatable bonds is 2. The molecule has 4 heteroatoms. The maximum atomic E-state index is 12.2. The molecule has 1 saturated heterocycles. The predicted molar refractivity (Wildman–Crippen MR) is 112 cm³/mol. The maximum absolute atomic E-state index is 12.2. The van der Waals surface area contributed by atoms with E-state index in [9.17, 15) is 10.2 Å². The van der Waals surface area contributed by atoms with Gasteiger partial charge in [0.25, 0.3) is 0 Å². The fraction of sp³-hybridized carbons (Fsp3) is 0.920. The molecular formula is C25H40O4. The second-order valence-electron chi connectivity index (χ2n) is 11.3. The molecule has 0 amide bonds. The molecule has 0 aromatic rings. The zero-order valence-corrected chi connectivity index (χ0v) is 18.5. The average molecular weight is 405 g/mol. The molecule has 29 heavy (non-hydrogen) atoms. The van der Waals surface area contributed by atoms with Gasteiger partial charge in [-0.3, -0.25) is 0 Å². The smallest absolute Gasteiger partial charge is 0.163 e. The van der Waals surface area contributed by atoms with E-state index in [0.717, 1.165) is 44.9 Å². The van der Waals surface area contributed by atoms with Gasteiger partial charge in [0.05, 0.1) is 24.9 Å². The highest BCUT2D eigenvalue weighted by Crippen LogP contribution is 2.69. The van der Waals surface area contributed by atoms with Crippen molar-refractivity contribution in [3.63, 3.8) is 0 Å². The molecule has 1 heterocycles. The number of aliphatic hydroxyl groups excluding tert-OH is 1. The van der Waals surface area contributed by atoms with Gasteiger partial charge in [-0.25, -0.2) is 0 Å². The summed E-state index contributed by atoms with van der Waals surface area (Å²) in [6.45, 7) is 8.23. The highest BCUT2D eigenvalue weighted by atomic mass is 16.7. The fourth-order valence-corrected chi connectivity index (χ4v) is 8.80. The Kier molecular flexibility index (Phi) is 4.98. The Morgan fingerprint density at radius 2 is 1.72 bits per heavy atom. The summed E-state index contributed by atoms with van der Waals surface area (Å²) in [7, 11) is 0. The van der Waals surface area contributed by atoms with Gasteiger partial charge in [0.1, 0.15) is 0 Å². The number of ether oxygens (including phenoxy) is 2. The molecule has 9 atom stereocenters. The van der Waals surface area contributed by atoms with E-state index in [1.807, 2.05) is 0 Å². The van der Waals surface area contributed by atoms with Crippen molar-refractivity contribution in [1.82, 2.24) is 0 Å². The van der Waals surface area contributed by atoms with E-state index in [2.05, 4.69) is 32.9 Å². The van der Waals surface area contributed by atoms with Crippen LogP contribution in [0.5, 0.6) is 0 Å². The molecule has 0 bridgehead atoms. The lowest BCUT2D eigenvalue weighted by molar-refractivity contribution is -0.227. The van der Waals surface area contributed by atoms with Crippen LogP contribution in [0, 0.1) is 40.4 Å². The Morgan fingerprint density at radius 3 is 2.45 bits per heavy atom. The molecule has 5 rings (SSSR count). The summed E-state index contributed by atoms with van der Waals surface area (Å²) in [6.07, 6.45) is 12.4. The molecule has 2 N–H and O–H groups in total. The average Bonchev–Trinajstić information content (AvgIpc) is 3.30.